The summed E-state index contributed by atoms with van der Waals surface area (Å²) in [6.45, 7) is 4.34. The van der Waals surface area contributed by atoms with E-state index in [4.69, 9.17) is 0 Å². The lowest BCUT2D eigenvalue weighted by Crippen LogP contribution is -2.49. The van der Waals surface area contributed by atoms with Crippen LogP contribution in [0.3, 0.4) is 0 Å². The van der Waals surface area contributed by atoms with Gasteiger partial charge in [-0.15, -0.1) is 0 Å². The molecule has 2 saturated carbocycles. The number of aliphatic imine (C=N–C) groups is 2. The van der Waals surface area contributed by atoms with Crippen LogP contribution < -0.4 is 0 Å². The van der Waals surface area contributed by atoms with Crippen molar-refractivity contribution >= 4 is 12.2 Å². The normalized spacial score (nSPS) is 39.9. The molecule has 4 nitrogen and oxygen atoms in total. The lowest BCUT2D eigenvalue weighted by Gasteiger charge is -2.47. The first-order valence-electron chi connectivity index (χ1n) is 8.27. The number of hydrogen-bond acceptors (Lipinski definition) is 4. The molecular weight excluding hydrogens is 264 g/mol. The number of nitrogens with zero attached hydrogens (tertiary/aromatic N) is 2. The molecule has 4 unspecified atom stereocenters. The second-order valence-electron chi connectivity index (χ2n) is 7.08. The van der Waals surface area contributed by atoms with Crippen molar-refractivity contribution in [3.05, 3.63) is 0 Å². The van der Waals surface area contributed by atoms with E-state index in [1.807, 2.05) is 12.2 Å². The molecule has 2 aliphatic carbocycles. The Morgan fingerprint density at radius 1 is 0.857 bits per heavy atom. The summed E-state index contributed by atoms with van der Waals surface area (Å²) in [4.78, 5) is 30.5. The van der Waals surface area contributed by atoms with Gasteiger partial charge in [-0.05, 0) is 43.9 Å². The Morgan fingerprint density at radius 2 is 1.29 bits per heavy atom. The van der Waals surface area contributed by atoms with Crippen LogP contribution >= 0.6 is 0 Å². The molecule has 21 heavy (non-hydrogen) atoms. The largest absolute Gasteiger partial charge is 0.235 e. The van der Waals surface area contributed by atoms with E-state index >= 15 is 0 Å². The molecule has 0 heterocycles. The van der Waals surface area contributed by atoms with Crippen LogP contribution in [0.1, 0.15) is 71.6 Å². The monoisotopic (exact) mass is 290 g/mol. The van der Waals surface area contributed by atoms with Crippen LogP contribution in [-0.2, 0) is 9.59 Å². The fourth-order valence-electron chi connectivity index (χ4n) is 4.44. The molecule has 4 heteroatoms. The van der Waals surface area contributed by atoms with Gasteiger partial charge in [0.25, 0.3) is 0 Å². The molecule has 0 radical (unpaired) electrons. The van der Waals surface area contributed by atoms with Crippen LogP contribution in [0.5, 0.6) is 0 Å². The zero-order chi connectivity index (χ0) is 15.3. The Hall–Kier alpha value is -1.24. The first-order valence-corrected chi connectivity index (χ1v) is 8.27. The third kappa shape index (κ3) is 3.17. The summed E-state index contributed by atoms with van der Waals surface area (Å²) >= 11 is 0. The average Bonchev–Trinajstić information content (AvgIpc) is 2.46. The summed E-state index contributed by atoms with van der Waals surface area (Å²) in [5.74, 6) is 0.695. The van der Waals surface area contributed by atoms with Gasteiger partial charge >= 0.3 is 0 Å². The van der Waals surface area contributed by atoms with Gasteiger partial charge in [-0.2, -0.15) is 9.98 Å². The molecule has 0 spiro atoms. The molecule has 0 aromatic heterocycles. The summed E-state index contributed by atoms with van der Waals surface area (Å²) in [6.07, 6.45) is 12.9. The molecule has 0 saturated heterocycles. The first-order chi connectivity index (χ1) is 10.1. The van der Waals surface area contributed by atoms with E-state index in [1.54, 1.807) is 0 Å². The molecule has 116 valence electrons. The van der Waals surface area contributed by atoms with Gasteiger partial charge in [0, 0.05) is 0 Å². The molecule has 2 fully saturated rings. The zero-order valence-electron chi connectivity index (χ0n) is 13.2. The highest BCUT2D eigenvalue weighted by atomic mass is 16.1. The summed E-state index contributed by atoms with van der Waals surface area (Å²) in [5, 5.41) is 0. The van der Waals surface area contributed by atoms with Crippen LogP contribution in [0.4, 0.5) is 0 Å². The van der Waals surface area contributed by atoms with E-state index < -0.39 is 0 Å². The molecule has 4 atom stereocenters. The van der Waals surface area contributed by atoms with Gasteiger partial charge in [0.2, 0.25) is 12.2 Å². The second-order valence-corrected chi connectivity index (χ2v) is 7.08. The van der Waals surface area contributed by atoms with E-state index in [0.717, 1.165) is 38.5 Å². The fourth-order valence-corrected chi connectivity index (χ4v) is 4.44. The Morgan fingerprint density at radius 3 is 1.62 bits per heavy atom. The topological polar surface area (TPSA) is 58.9 Å². The summed E-state index contributed by atoms with van der Waals surface area (Å²) in [7, 11) is 0. The van der Waals surface area contributed by atoms with Gasteiger partial charge in [-0.1, -0.05) is 39.5 Å². The molecule has 0 bridgehead atoms. The minimum absolute atomic E-state index is 0.348. The third-order valence-corrected chi connectivity index (χ3v) is 5.98. The highest BCUT2D eigenvalue weighted by Crippen LogP contribution is 2.48. The van der Waals surface area contributed by atoms with Gasteiger partial charge in [-0.25, -0.2) is 9.59 Å². The average molecular weight is 290 g/mol. The van der Waals surface area contributed by atoms with Gasteiger partial charge in [0.05, 0.1) is 11.1 Å². The summed E-state index contributed by atoms with van der Waals surface area (Å²) in [5.41, 5.74) is -0.766. The van der Waals surface area contributed by atoms with Gasteiger partial charge in [0.15, 0.2) is 0 Å². The molecule has 0 aliphatic heterocycles. The Labute approximate surface area is 127 Å². The minimum atomic E-state index is -0.383. The maximum Gasteiger partial charge on any atom is 0.235 e. The molecule has 2 aliphatic rings. The number of isocyanates is 2. The van der Waals surface area contributed by atoms with Crippen molar-refractivity contribution in [1.29, 1.82) is 0 Å². The highest BCUT2D eigenvalue weighted by molar-refractivity contribution is 5.37. The fraction of sp³-hybridized carbons (Fsp3) is 0.882. The predicted molar refractivity (Wildman–Crippen MR) is 81.6 cm³/mol. The van der Waals surface area contributed by atoms with Crippen molar-refractivity contribution in [2.45, 2.75) is 82.7 Å². The van der Waals surface area contributed by atoms with E-state index in [1.165, 1.54) is 12.8 Å². The van der Waals surface area contributed by atoms with E-state index in [9.17, 15) is 9.59 Å². The SMILES string of the molecule is CC1CCCCC1(CC1(N=C=O)CCCCC1C)N=C=O. The molecule has 0 N–H and O–H groups in total. The molecule has 0 aromatic carbocycles. The third-order valence-electron chi connectivity index (χ3n) is 5.98. The van der Waals surface area contributed by atoms with Crippen molar-refractivity contribution in [3.8, 4) is 0 Å². The molecule has 0 amide bonds. The van der Waals surface area contributed by atoms with Gasteiger partial charge in [-0.3, -0.25) is 0 Å². The zero-order valence-corrected chi connectivity index (χ0v) is 13.2. The lowest BCUT2D eigenvalue weighted by atomic mass is 9.62. The van der Waals surface area contributed by atoms with Crippen LogP contribution in [0.15, 0.2) is 9.98 Å². The van der Waals surface area contributed by atoms with Crippen molar-refractivity contribution in [2.24, 2.45) is 21.8 Å². The maximum absolute atomic E-state index is 11.0. The number of carbonyl (C=O) groups excluding carboxylic acids is 2. The Bertz CT molecular complexity index is 423. The summed E-state index contributed by atoms with van der Waals surface area (Å²) < 4.78 is 0. The van der Waals surface area contributed by atoms with Crippen LogP contribution in [-0.4, -0.2) is 23.2 Å². The van der Waals surface area contributed by atoms with E-state index in [-0.39, 0.29) is 11.1 Å². The highest BCUT2D eigenvalue weighted by Gasteiger charge is 2.49. The minimum Gasteiger partial charge on any atom is -0.211 e. The van der Waals surface area contributed by atoms with Crippen LogP contribution in [0.2, 0.25) is 0 Å². The second kappa shape index (κ2) is 6.68. The smallest absolute Gasteiger partial charge is 0.211 e. The van der Waals surface area contributed by atoms with Gasteiger partial charge < -0.3 is 0 Å². The first kappa shape index (κ1) is 16.1. The standard InChI is InChI=1S/C17H26N2O2/c1-14-7-3-5-9-16(14,18-12-20)11-17(19-13-21)10-6-4-8-15(17)2/h14-15H,3-11H2,1-2H3. The Kier molecular flexibility index (Phi) is 5.13. The van der Waals surface area contributed by atoms with Crippen molar-refractivity contribution < 1.29 is 9.59 Å². The maximum atomic E-state index is 11.0. The molecular formula is C17H26N2O2. The summed E-state index contributed by atoms with van der Waals surface area (Å²) in [6, 6.07) is 0. The van der Waals surface area contributed by atoms with Crippen molar-refractivity contribution in [3.63, 3.8) is 0 Å². The van der Waals surface area contributed by atoms with E-state index in [0.29, 0.717) is 18.3 Å². The van der Waals surface area contributed by atoms with Gasteiger partial charge in [0.1, 0.15) is 0 Å². The van der Waals surface area contributed by atoms with Crippen molar-refractivity contribution in [1.82, 2.24) is 0 Å². The quantitative estimate of drug-likeness (QED) is 0.581. The molecule has 0 aromatic rings. The number of rotatable bonds is 4. The van der Waals surface area contributed by atoms with Crippen molar-refractivity contribution in [2.75, 3.05) is 0 Å². The lowest BCUT2D eigenvalue weighted by molar-refractivity contribution is 0.102. The predicted octanol–water partition coefficient (Wildman–Crippen LogP) is 3.95. The van der Waals surface area contributed by atoms with Crippen LogP contribution in [0, 0.1) is 11.8 Å². The van der Waals surface area contributed by atoms with E-state index in [2.05, 4.69) is 23.8 Å². The van der Waals surface area contributed by atoms with Crippen LogP contribution in [0.25, 0.3) is 0 Å². The Balaban J connectivity index is 2.36. The molecule has 2 rings (SSSR count). The number of hydrogen-bond donors (Lipinski definition) is 0.